The molecule has 1 fully saturated rings. The number of amides is 1. The van der Waals surface area contributed by atoms with Crippen molar-refractivity contribution in [2.24, 2.45) is 0 Å². The van der Waals surface area contributed by atoms with E-state index in [1.54, 1.807) is 0 Å². The molecule has 0 aliphatic carbocycles. The number of nitrogens with one attached hydrogen (secondary N) is 1. The zero-order valence-electron chi connectivity index (χ0n) is 25.3. The Hall–Kier alpha value is -4.34. The number of aliphatic carboxylic acids is 1. The Bertz CT molecular complexity index is 1450. The second-order valence-corrected chi connectivity index (χ2v) is 11.4. The van der Waals surface area contributed by atoms with Crippen LogP contribution in [-0.2, 0) is 45.3 Å². The van der Waals surface area contributed by atoms with Gasteiger partial charge in [-0.2, -0.15) is 0 Å². The number of rotatable bonds is 14. The molecule has 0 aromatic heterocycles. The van der Waals surface area contributed by atoms with Gasteiger partial charge in [0.25, 0.3) is 0 Å². The molecular formula is C37H40N2O6. The summed E-state index contributed by atoms with van der Waals surface area (Å²) in [5, 5.41) is 21.1. The quantitative estimate of drug-likeness (QED) is 0.163. The van der Waals surface area contributed by atoms with E-state index < -0.39 is 12.3 Å². The van der Waals surface area contributed by atoms with Gasteiger partial charge in [0.05, 0.1) is 25.2 Å². The molecule has 234 valence electrons. The molecule has 1 heterocycles. The Morgan fingerprint density at radius 1 is 0.711 bits per heavy atom. The van der Waals surface area contributed by atoms with Gasteiger partial charge in [-0.1, -0.05) is 109 Å². The van der Waals surface area contributed by atoms with E-state index >= 15 is 0 Å². The summed E-state index contributed by atoms with van der Waals surface area (Å²) >= 11 is 0. The molecule has 4 aromatic rings. The average Bonchev–Trinajstić information content (AvgIpc) is 3.07. The molecule has 3 atom stereocenters. The average molecular weight is 609 g/mol. The van der Waals surface area contributed by atoms with Crippen LogP contribution in [0.5, 0.6) is 0 Å². The van der Waals surface area contributed by atoms with E-state index in [2.05, 4.69) is 58.7 Å². The summed E-state index contributed by atoms with van der Waals surface area (Å²) in [6.07, 6.45) is -0.488. The van der Waals surface area contributed by atoms with Gasteiger partial charge in [0.15, 0.2) is 6.29 Å². The van der Waals surface area contributed by atoms with E-state index in [1.807, 2.05) is 60.7 Å². The Labute approximate surface area is 264 Å². The molecular weight excluding hydrogens is 568 g/mol. The van der Waals surface area contributed by atoms with Crippen LogP contribution in [0.2, 0.25) is 0 Å². The first-order valence-corrected chi connectivity index (χ1v) is 15.3. The Balaban J connectivity index is 1.33. The van der Waals surface area contributed by atoms with Gasteiger partial charge in [-0.15, -0.1) is 0 Å². The van der Waals surface area contributed by atoms with Gasteiger partial charge < -0.3 is 25.0 Å². The van der Waals surface area contributed by atoms with Crippen molar-refractivity contribution in [2.75, 3.05) is 6.54 Å². The summed E-state index contributed by atoms with van der Waals surface area (Å²) < 4.78 is 13.2. The summed E-state index contributed by atoms with van der Waals surface area (Å²) in [6.45, 7) is 2.56. The second kappa shape index (κ2) is 16.1. The summed E-state index contributed by atoms with van der Waals surface area (Å²) in [6, 6.07) is 36.5. The van der Waals surface area contributed by atoms with Crippen LogP contribution in [0.3, 0.4) is 0 Å². The number of hydrogen-bond acceptors (Lipinski definition) is 6. The van der Waals surface area contributed by atoms with Crippen LogP contribution < -0.4 is 5.32 Å². The molecule has 0 spiro atoms. The van der Waals surface area contributed by atoms with Crippen molar-refractivity contribution in [1.29, 1.82) is 0 Å². The standard InChI is InChI=1S/C37H40N2O6/c40-26-30-13-15-31(16-14-30)34-21-33(25-39(23-28-7-3-1-4-8-28)24-29-9-5-2-6-10-29)44-37(45-34)32-17-11-27(12-18-32)22-38-35(41)19-20-36(42)43/h1-18,33-34,37,40H,19-26H2,(H,38,41)(H,42,43). The number of ether oxygens (including phenoxy) is 2. The molecule has 8 nitrogen and oxygen atoms in total. The maximum Gasteiger partial charge on any atom is 0.303 e. The van der Waals surface area contributed by atoms with E-state index in [-0.39, 0.29) is 37.6 Å². The molecule has 0 bridgehead atoms. The number of benzene rings is 4. The first-order chi connectivity index (χ1) is 21.9. The highest BCUT2D eigenvalue weighted by Gasteiger charge is 2.33. The maximum atomic E-state index is 12.0. The van der Waals surface area contributed by atoms with Crippen LogP contribution in [-0.4, -0.2) is 39.6 Å². The molecule has 45 heavy (non-hydrogen) atoms. The normalized spacial score (nSPS) is 18.0. The number of carbonyl (C=O) groups is 2. The monoisotopic (exact) mass is 608 g/mol. The summed E-state index contributed by atoms with van der Waals surface area (Å²) in [7, 11) is 0. The van der Waals surface area contributed by atoms with Gasteiger partial charge in [0, 0.05) is 44.6 Å². The fraction of sp³-hybridized carbons (Fsp3) is 0.297. The molecule has 1 saturated heterocycles. The minimum Gasteiger partial charge on any atom is -0.481 e. The number of carboxylic acid groups (broad SMARTS) is 1. The predicted octanol–water partition coefficient (Wildman–Crippen LogP) is 5.91. The lowest BCUT2D eigenvalue weighted by molar-refractivity contribution is -0.253. The number of hydrogen-bond donors (Lipinski definition) is 3. The SMILES string of the molecule is O=C(O)CCC(=O)NCc1ccc(C2OC(CN(Cc3ccccc3)Cc3ccccc3)CC(c3ccc(CO)cc3)O2)cc1. The molecule has 0 saturated carbocycles. The van der Waals surface area contributed by atoms with E-state index in [4.69, 9.17) is 14.6 Å². The molecule has 8 heteroatoms. The van der Waals surface area contributed by atoms with Crippen molar-refractivity contribution in [1.82, 2.24) is 10.2 Å². The van der Waals surface area contributed by atoms with Gasteiger partial charge in [0.1, 0.15) is 0 Å². The van der Waals surface area contributed by atoms with Crippen molar-refractivity contribution < 1.29 is 29.3 Å². The van der Waals surface area contributed by atoms with Crippen molar-refractivity contribution in [3.63, 3.8) is 0 Å². The number of carboxylic acids is 1. The van der Waals surface area contributed by atoms with E-state index in [9.17, 15) is 14.7 Å². The highest BCUT2D eigenvalue weighted by Crippen LogP contribution is 2.38. The first-order valence-electron chi connectivity index (χ1n) is 15.3. The fourth-order valence-electron chi connectivity index (χ4n) is 5.49. The fourth-order valence-corrected chi connectivity index (χ4v) is 5.49. The van der Waals surface area contributed by atoms with Crippen LogP contribution in [0.1, 0.15) is 65.0 Å². The molecule has 3 N–H and O–H groups in total. The van der Waals surface area contributed by atoms with Gasteiger partial charge in [-0.05, 0) is 27.8 Å². The molecule has 1 aliphatic rings. The molecule has 3 unspecified atom stereocenters. The van der Waals surface area contributed by atoms with E-state index in [0.29, 0.717) is 19.5 Å². The first kappa shape index (κ1) is 32.1. The third-order valence-electron chi connectivity index (χ3n) is 7.88. The van der Waals surface area contributed by atoms with Crippen LogP contribution in [0.15, 0.2) is 109 Å². The van der Waals surface area contributed by atoms with Crippen LogP contribution in [0, 0.1) is 0 Å². The Morgan fingerprint density at radius 2 is 1.29 bits per heavy atom. The largest absolute Gasteiger partial charge is 0.481 e. The van der Waals surface area contributed by atoms with Gasteiger partial charge in [-0.25, -0.2) is 0 Å². The zero-order chi connectivity index (χ0) is 31.4. The number of nitrogens with zero attached hydrogens (tertiary/aromatic N) is 1. The molecule has 1 amide bonds. The van der Waals surface area contributed by atoms with Crippen molar-refractivity contribution >= 4 is 11.9 Å². The lowest BCUT2D eigenvalue weighted by Crippen LogP contribution is -2.39. The van der Waals surface area contributed by atoms with E-state index in [1.165, 1.54) is 11.1 Å². The van der Waals surface area contributed by atoms with E-state index in [0.717, 1.165) is 35.3 Å². The lowest BCUT2D eigenvalue weighted by Gasteiger charge is -2.38. The predicted molar refractivity (Wildman–Crippen MR) is 171 cm³/mol. The molecule has 5 rings (SSSR count). The van der Waals surface area contributed by atoms with Gasteiger partial charge >= 0.3 is 5.97 Å². The Kier molecular flexibility index (Phi) is 11.5. The summed E-state index contributed by atoms with van der Waals surface area (Å²) in [5.74, 6) is -1.29. The van der Waals surface area contributed by atoms with Crippen molar-refractivity contribution in [3.8, 4) is 0 Å². The van der Waals surface area contributed by atoms with Crippen molar-refractivity contribution in [3.05, 3.63) is 143 Å². The molecule has 0 radical (unpaired) electrons. The lowest BCUT2D eigenvalue weighted by atomic mass is 9.99. The summed E-state index contributed by atoms with van der Waals surface area (Å²) in [4.78, 5) is 25.1. The smallest absolute Gasteiger partial charge is 0.303 e. The number of aliphatic hydroxyl groups excluding tert-OH is 1. The zero-order valence-corrected chi connectivity index (χ0v) is 25.3. The number of carbonyl (C=O) groups excluding carboxylic acids is 1. The summed E-state index contributed by atoms with van der Waals surface area (Å²) in [5.41, 5.74) is 6.11. The third-order valence-corrected chi connectivity index (χ3v) is 7.88. The molecule has 4 aromatic carbocycles. The molecule has 1 aliphatic heterocycles. The number of aliphatic hydroxyl groups is 1. The van der Waals surface area contributed by atoms with Crippen LogP contribution in [0.4, 0.5) is 0 Å². The second-order valence-electron chi connectivity index (χ2n) is 11.4. The third kappa shape index (κ3) is 9.83. The topological polar surface area (TPSA) is 108 Å². The highest BCUT2D eigenvalue weighted by atomic mass is 16.7. The highest BCUT2D eigenvalue weighted by molar-refractivity contribution is 5.80. The van der Waals surface area contributed by atoms with Crippen molar-refractivity contribution in [2.45, 2.75) is 64.0 Å². The van der Waals surface area contributed by atoms with Crippen LogP contribution in [0.25, 0.3) is 0 Å². The van der Waals surface area contributed by atoms with Crippen LogP contribution >= 0.6 is 0 Å². The Morgan fingerprint density at radius 3 is 1.87 bits per heavy atom. The maximum absolute atomic E-state index is 12.0. The minimum atomic E-state index is -0.994. The van der Waals surface area contributed by atoms with Gasteiger partial charge in [-0.3, -0.25) is 14.5 Å². The van der Waals surface area contributed by atoms with Gasteiger partial charge in [0.2, 0.25) is 5.91 Å². The minimum absolute atomic E-state index is 0.0134.